The molecule has 4 heteroatoms. The first-order valence-electron chi connectivity index (χ1n) is 6.17. The summed E-state index contributed by atoms with van der Waals surface area (Å²) in [6, 6.07) is 15.0. The van der Waals surface area contributed by atoms with E-state index in [1.165, 1.54) is 0 Å². The highest BCUT2D eigenvalue weighted by atomic mass is 16.4. The molecule has 0 saturated carbocycles. The fourth-order valence-corrected chi connectivity index (χ4v) is 1.94. The van der Waals surface area contributed by atoms with Crippen molar-refractivity contribution in [1.29, 1.82) is 0 Å². The fourth-order valence-electron chi connectivity index (χ4n) is 1.94. The van der Waals surface area contributed by atoms with Gasteiger partial charge >= 0.3 is 6.09 Å². The highest BCUT2D eigenvalue weighted by molar-refractivity contribution is 5.91. The van der Waals surface area contributed by atoms with Crippen LogP contribution in [0.4, 0.5) is 10.5 Å². The van der Waals surface area contributed by atoms with Crippen molar-refractivity contribution in [3.63, 3.8) is 0 Å². The third kappa shape index (κ3) is 3.46. The Bertz CT molecular complexity index is 621. The first-order chi connectivity index (χ1) is 9.70. The van der Waals surface area contributed by atoms with E-state index in [0.29, 0.717) is 5.69 Å². The van der Waals surface area contributed by atoms with E-state index < -0.39 is 6.09 Å². The summed E-state index contributed by atoms with van der Waals surface area (Å²) in [6.45, 7) is -0.0534. The zero-order valence-electron chi connectivity index (χ0n) is 10.8. The maximum absolute atomic E-state index is 10.9. The van der Waals surface area contributed by atoms with E-state index in [1.54, 1.807) is 18.2 Å². The van der Waals surface area contributed by atoms with Crippen LogP contribution in [0, 0.1) is 0 Å². The molecule has 102 valence electrons. The second kappa shape index (κ2) is 6.54. The molecular formula is C16H15NO3. The van der Waals surface area contributed by atoms with Crippen molar-refractivity contribution in [2.75, 3.05) is 11.9 Å². The van der Waals surface area contributed by atoms with E-state index in [1.807, 2.05) is 42.5 Å². The largest absolute Gasteiger partial charge is 0.465 e. The molecule has 1 amide bonds. The molecule has 20 heavy (non-hydrogen) atoms. The molecule has 2 aromatic carbocycles. The summed E-state index contributed by atoms with van der Waals surface area (Å²) in [4.78, 5) is 10.9. The van der Waals surface area contributed by atoms with Crippen molar-refractivity contribution in [3.05, 3.63) is 60.2 Å². The number of aliphatic hydroxyl groups is 1. The van der Waals surface area contributed by atoms with Gasteiger partial charge < -0.3 is 10.2 Å². The van der Waals surface area contributed by atoms with Gasteiger partial charge in [-0.2, -0.15) is 0 Å². The Morgan fingerprint density at radius 2 is 1.90 bits per heavy atom. The van der Waals surface area contributed by atoms with Crippen LogP contribution in [-0.4, -0.2) is 22.9 Å². The number of amides is 1. The van der Waals surface area contributed by atoms with E-state index in [9.17, 15) is 4.79 Å². The summed E-state index contributed by atoms with van der Waals surface area (Å²) in [5.74, 6) is 0. The molecule has 0 heterocycles. The number of rotatable bonds is 4. The Labute approximate surface area is 117 Å². The van der Waals surface area contributed by atoms with Crippen molar-refractivity contribution >= 4 is 17.9 Å². The molecule has 0 unspecified atom stereocenters. The number of nitrogens with one attached hydrogen (secondary N) is 1. The number of carboxylic acid groups (broad SMARTS) is 1. The normalized spacial score (nSPS) is 10.7. The lowest BCUT2D eigenvalue weighted by Gasteiger charge is -2.10. The Kier molecular flexibility index (Phi) is 4.52. The van der Waals surface area contributed by atoms with Gasteiger partial charge in [0.1, 0.15) is 0 Å². The second-order valence-corrected chi connectivity index (χ2v) is 4.19. The Hall–Kier alpha value is -2.59. The van der Waals surface area contributed by atoms with Crippen molar-refractivity contribution < 1.29 is 15.0 Å². The summed E-state index contributed by atoms with van der Waals surface area (Å²) in [5.41, 5.74) is 3.09. The monoisotopic (exact) mass is 269 g/mol. The molecule has 4 nitrogen and oxygen atoms in total. The first-order valence-corrected chi connectivity index (χ1v) is 6.17. The molecule has 2 aromatic rings. The van der Waals surface area contributed by atoms with Gasteiger partial charge in [0.25, 0.3) is 0 Å². The van der Waals surface area contributed by atoms with Gasteiger partial charge in [-0.25, -0.2) is 4.79 Å². The zero-order chi connectivity index (χ0) is 14.4. The molecule has 2 rings (SSSR count). The Morgan fingerprint density at radius 1 is 1.15 bits per heavy atom. The van der Waals surface area contributed by atoms with E-state index in [0.717, 1.165) is 16.7 Å². The molecule has 0 aromatic heterocycles. The molecule has 0 aliphatic rings. The SMILES string of the molecule is O=C(O)Nc1cc(C=CCO)ccc1-c1ccccc1. The number of benzene rings is 2. The third-order valence-corrected chi connectivity index (χ3v) is 2.79. The average molecular weight is 269 g/mol. The molecular weight excluding hydrogens is 254 g/mol. The smallest absolute Gasteiger partial charge is 0.409 e. The predicted molar refractivity (Wildman–Crippen MR) is 79.6 cm³/mol. The van der Waals surface area contributed by atoms with Gasteiger partial charge in [0.2, 0.25) is 0 Å². The van der Waals surface area contributed by atoms with Crippen LogP contribution in [0.25, 0.3) is 17.2 Å². The quantitative estimate of drug-likeness (QED) is 0.796. The van der Waals surface area contributed by atoms with Crippen LogP contribution in [-0.2, 0) is 0 Å². The van der Waals surface area contributed by atoms with Gasteiger partial charge in [-0.1, -0.05) is 54.6 Å². The predicted octanol–water partition coefficient (Wildman–Crippen LogP) is 3.45. The van der Waals surface area contributed by atoms with Gasteiger partial charge in [-0.15, -0.1) is 0 Å². The van der Waals surface area contributed by atoms with E-state index in [2.05, 4.69) is 5.32 Å². The van der Waals surface area contributed by atoms with Gasteiger partial charge in [0.05, 0.1) is 12.3 Å². The molecule has 0 atom stereocenters. The van der Waals surface area contributed by atoms with Crippen LogP contribution in [0.3, 0.4) is 0 Å². The van der Waals surface area contributed by atoms with Crippen LogP contribution in [0.5, 0.6) is 0 Å². The van der Waals surface area contributed by atoms with E-state index >= 15 is 0 Å². The van der Waals surface area contributed by atoms with Crippen LogP contribution >= 0.6 is 0 Å². The minimum Gasteiger partial charge on any atom is -0.465 e. The number of aliphatic hydroxyl groups excluding tert-OH is 1. The van der Waals surface area contributed by atoms with Crippen molar-refractivity contribution in [2.24, 2.45) is 0 Å². The highest BCUT2D eigenvalue weighted by Gasteiger charge is 2.07. The van der Waals surface area contributed by atoms with Crippen molar-refractivity contribution in [1.82, 2.24) is 0 Å². The summed E-state index contributed by atoms with van der Waals surface area (Å²) >= 11 is 0. The van der Waals surface area contributed by atoms with Crippen molar-refractivity contribution in [3.8, 4) is 11.1 Å². The second-order valence-electron chi connectivity index (χ2n) is 4.19. The minimum absolute atomic E-state index is 0.0534. The summed E-state index contributed by atoms with van der Waals surface area (Å²) in [7, 11) is 0. The lowest BCUT2D eigenvalue weighted by Crippen LogP contribution is -2.08. The number of carbonyl (C=O) groups is 1. The topological polar surface area (TPSA) is 69.6 Å². The molecule has 0 fully saturated rings. The Balaban J connectivity index is 2.45. The highest BCUT2D eigenvalue weighted by Crippen LogP contribution is 2.29. The van der Waals surface area contributed by atoms with Crippen LogP contribution in [0.15, 0.2) is 54.6 Å². The number of hydrogen-bond acceptors (Lipinski definition) is 2. The maximum Gasteiger partial charge on any atom is 0.409 e. The lowest BCUT2D eigenvalue weighted by molar-refractivity contribution is 0.210. The molecule has 0 aliphatic carbocycles. The molecule has 0 aliphatic heterocycles. The van der Waals surface area contributed by atoms with Gasteiger partial charge in [-0.3, -0.25) is 5.32 Å². The first kappa shape index (κ1) is 13.8. The standard InChI is InChI=1S/C16H15NO3/c18-10-4-5-12-8-9-14(13-6-2-1-3-7-13)15(11-12)17-16(19)20/h1-9,11,17-18H,10H2,(H,19,20). The number of hydrogen-bond donors (Lipinski definition) is 3. The van der Waals surface area contributed by atoms with Gasteiger partial charge in [-0.05, 0) is 17.2 Å². The molecule has 0 bridgehead atoms. The van der Waals surface area contributed by atoms with Crippen LogP contribution in [0.1, 0.15) is 5.56 Å². The average Bonchev–Trinajstić information content (AvgIpc) is 2.45. The van der Waals surface area contributed by atoms with Crippen LogP contribution in [0.2, 0.25) is 0 Å². The summed E-state index contributed by atoms with van der Waals surface area (Å²) in [6.07, 6.45) is 2.23. The molecule has 0 spiro atoms. The molecule has 0 radical (unpaired) electrons. The molecule has 0 saturated heterocycles. The molecule has 3 N–H and O–H groups in total. The maximum atomic E-state index is 10.9. The van der Waals surface area contributed by atoms with Gasteiger partial charge in [0, 0.05) is 5.56 Å². The van der Waals surface area contributed by atoms with Crippen molar-refractivity contribution in [2.45, 2.75) is 0 Å². The Morgan fingerprint density at radius 3 is 2.55 bits per heavy atom. The number of anilines is 1. The third-order valence-electron chi connectivity index (χ3n) is 2.79. The zero-order valence-corrected chi connectivity index (χ0v) is 10.8. The summed E-state index contributed by atoms with van der Waals surface area (Å²) in [5, 5.41) is 20.1. The van der Waals surface area contributed by atoms with E-state index in [-0.39, 0.29) is 6.61 Å². The lowest BCUT2D eigenvalue weighted by atomic mass is 10.0. The fraction of sp³-hybridized carbons (Fsp3) is 0.0625. The van der Waals surface area contributed by atoms with Crippen LogP contribution < -0.4 is 5.32 Å². The van der Waals surface area contributed by atoms with E-state index in [4.69, 9.17) is 10.2 Å². The van der Waals surface area contributed by atoms with Gasteiger partial charge in [0.15, 0.2) is 0 Å². The minimum atomic E-state index is -1.11. The summed E-state index contributed by atoms with van der Waals surface area (Å²) < 4.78 is 0.